The Labute approximate surface area is 115 Å². The quantitative estimate of drug-likeness (QED) is 0.802. The molecule has 0 saturated heterocycles. The minimum Gasteiger partial charge on any atom is -0.469 e. The maximum Gasteiger partial charge on any atom is 0.307 e. The van der Waals surface area contributed by atoms with Crippen LogP contribution in [0, 0.1) is 6.92 Å². The Kier molecular flexibility index (Phi) is 5.34. The second-order valence-corrected chi connectivity index (χ2v) is 4.87. The van der Waals surface area contributed by atoms with E-state index < -0.39 is 0 Å². The Morgan fingerprint density at radius 1 is 1.39 bits per heavy atom. The smallest absolute Gasteiger partial charge is 0.307 e. The molecule has 0 aromatic heterocycles. The number of ether oxygens (including phenoxy) is 1. The van der Waals surface area contributed by atoms with E-state index in [0.29, 0.717) is 12.1 Å². The number of amides is 1. The number of rotatable bonds is 4. The Morgan fingerprint density at radius 3 is 2.61 bits per heavy atom. The van der Waals surface area contributed by atoms with Crippen molar-refractivity contribution >= 4 is 27.8 Å². The number of esters is 1. The highest BCUT2D eigenvalue weighted by Crippen LogP contribution is 2.17. The van der Waals surface area contributed by atoms with Crippen LogP contribution >= 0.6 is 15.9 Å². The zero-order valence-electron chi connectivity index (χ0n) is 10.7. The number of nitrogens with zero attached hydrogens (tertiary/aromatic N) is 1. The molecule has 1 rings (SSSR count). The second kappa shape index (κ2) is 6.54. The molecule has 0 aliphatic carbocycles. The molecule has 18 heavy (non-hydrogen) atoms. The fourth-order valence-corrected chi connectivity index (χ4v) is 1.71. The van der Waals surface area contributed by atoms with Gasteiger partial charge in [0.05, 0.1) is 13.5 Å². The van der Waals surface area contributed by atoms with E-state index >= 15 is 0 Å². The average molecular weight is 314 g/mol. The lowest BCUT2D eigenvalue weighted by Crippen LogP contribution is -2.29. The normalized spacial score (nSPS) is 10.0. The summed E-state index contributed by atoms with van der Waals surface area (Å²) in [4.78, 5) is 24.6. The van der Waals surface area contributed by atoms with E-state index in [2.05, 4.69) is 20.7 Å². The van der Waals surface area contributed by atoms with Gasteiger partial charge in [-0.15, -0.1) is 0 Å². The summed E-state index contributed by atoms with van der Waals surface area (Å²) in [5, 5.41) is 0. The van der Waals surface area contributed by atoms with E-state index in [1.54, 1.807) is 13.1 Å². The van der Waals surface area contributed by atoms with Crippen LogP contribution in [0.1, 0.15) is 22.3 Å². The minimum absolute atomic E-state index is 0.102. The van der Waals surface area contributed by atoms with Gasteiger partial charge in [0.15, 0.2) is 0 Å². The minimum atomic E-state index is -0.318. The van der Waals surface area contributed by atoms with Gasteiger partial charge in [-0.2, -0.15) is 0 Å². The zero-order valence-corrected chi connectivity index (χ0v) is 12.3. The molecule has 0 aliphatic heterocycles. The summed E-state index contributed by atoms with van der Waals surface area (Å²) in [5.41, 5.74) is 1.62. The molecule has 1 aromatic rings. The molecule has 0 spiro atoms. The molecule has 0 heterocycles. The monoisotopic (exact) mass is 313 g/mol. The highest BCUT2D eigenvalue weighted by atomic mass is 79.9. The zero-order chi connectivity index (χ0) is 13.7. The summed E-state index contributed by atoms with van der Waals surface area (Å²) in [6, 6.07) is 5.42. The topological polar surface area (TPSA) is 46.6 Å². The van der Waals surface area contributed by atoms with Gasteiger partial charge in [-0.25, -0.2) is 0 Å². The molecule has 4 nitrogen and oxygen atoms in total. The van der Waals surface area contributed by atoms with Crippen LogP contribution in [0.25, 0.3) is 0 Å². The Bertz CT molecular complexity index is 460. The van der Waals surface area contributed by atoms with Gasteiger partial charge in [0.1, 0.15) is 0 Å². The van der Waals surface area contributed by atoms with Gasteiger partial charge in [0, 0.05) is 23.6 Å². The molecular formula is C13H16BrNO3. The SMILES string of the molecule is COC(=O)CCN(C)C(=O)c1ccc(Br)c(C)c1. The lowest BCUT2D eigenvalue weighted by Gasteiger charge is -2.16. The van der Waals surface area contributed by atoms with Crippen LogP contribution in [0.15, 0.2) is 22.7 Å². The molecule has 0 saturated carbocycles. The summed E-state index contributed by atoms with van der Waals surface area (Å²) in [7, 11) is 3.00. The number of methoxy groups -OCH3 is 1. The van der Waals surface area contributed by atoms with Crippen LogP contribution in [0.2, 0.25) is 0 Å². The van der Waals surface area contributed by atoms with Crippen molar-refractivity contribution in [2.45, 2.75) is 13.3 Å². The predicted octanol–water partition coefficient (Wildman–Crippen LogP) is 2.39. The molecule has 1 aromatic carbocycles. The lowest BCUT2D eigenvalue weighted by atomic mass is 10.1. The number of aryl methyl sites for hydroxylation is 1. The van der Waals surface area contributed by atoms with Crippen molar-refractivity contribution in [1.82, 2.24) is 4.90 Å². The van der Waals surface area contributed by atoms with Gasteiger partial charge in [-0.1, -0.05) is 15.9 Å². The first kappa shape index (κ1) is 14.7. The Morgan fingerprint density at radius 2 is 2.06 bits per heavy atom. The molecule has 0 unspecified atom stereocenters. The van der Waals surface area contributed by atoms with E-state index in [0.717, 1.165) is 10.0 Å². The van der Waals surface area contributed by atoms with Crippen LogP contribution in [0.3, 0.4) is 0 Å². The summed E-state index contributed by atoms with van der Waals surface area (Å²) in [6.45, 7) is 2.27. The van der Waals surface area contributed by atoms with Crippen LogP contribution < -0.4 is 0 Å². The van der Waals surface area contributed by atoms with Crippen molar-refractivity contribution < 1.29 is 14.3 Å². The van der Waals surface area contributed by atoms with Gasteiger partial charge in [0.25, 0.3) is 5.91 Å². The summed E-state index contributed by atoms with van der Waals surface area (Å²) < 4.78 is 5.51. The van der Waals surface area contributed by atoms with Crippen molar-refractivity contribution in [3.05, 3.63) is 33.8 Å². The highest BCUT2D eigenvalue weighted by molar-refractivity contribution is 9.10. The third-order valence-corrected chi connectivity index (χ3v) is 3.52. The molecule has 0 atom stereocenters. The number of carbonyl (C=O) groups is 2. The molecule has 0 aliphatic rings. The van der Waals surface area contributed by atoms with Gasteiger partial charge in [0.2, 0.25) is 0 Å². The van der Waals surface area contributed by atoms with Gasteiger partial charge < -0.3 is 9.64 Å². The van der Waals surface area contributed by atoms with Gasteiger partial charge in [-0.05, 0) is 30.7 Å². The van der Waals surface area contributed by atoms with Crippen molar-refractivity contribution in [1.29, 1.82) is 0 Å². The first-order valence-corrected chi connectivity index (χ1v) is 6.33. The van der Waals surface area contributed by atoms with Crippen molar-refractivity contribution in [3.8, 4) is 0 Å². The Balaban J connectivity index is 2.68. The molecule has 0 N–H and O–H groups in total. The first-order chi connectivity index (χ1) is 8.45. The molecule has 98 valence electrons. The molecular weight excluding hydrogens is 298 g/mol. The van der Waals surface area contributed by atoms with Crippen molar-refractivity contribution in [2.75, 3.05) is 20.7 Å². The molecule has 0 bridgehead atoms. The van der Waals surface area contributed by atoms with Crippen molar-refractivity contribution in [2.24, 2.45) is 0 Å². The van der Waals surface area contributed by atoms with E-state index in [1.807, 2.05) is 19.1 Å². The fraction of sp³-hybridized carbons (Fsp3) is 0.385. The summed E-state index contributed by atoms with van der Waals surface area (Å²) in [6.07, 6.45) is 0.203. The van der Waals surface area contributed by atoms with Crippen LogP contribution in [0.4, 0.5) is 0 Å². The second-order valence-electron chi connectivity index (χ2n) is 4.02. The first-order valence-electron chi connectivity index (χ1n) is 5.54. The van der Waals surface area contributed by atoms with E-state index in [4.69, 9.17) is 0 Å². The number of halogens is 1. The third kappa shape index (κ3) is 3.84. The molecule has 5 heteroatoms. The standard InChI is InChI=1S/C13H16BrNO3/c1-9-8-10(4-5-11(9)14)13(17)15(2)7-6-12(16)18-3/h4-5,8H,6-7H2,1-3H3. The number of hydrogen-bond donors (Lipinski definition) is 0. The van der Waals surface area contributed by atoms with E-state index in [1.165, 1.54) is 12.0 Å². The van der Waals surface area contributed by atoms with Gasteiger partial charge >= 0.3 is 5.97 Å². The van der Waals surface area contributed by atoms with Crippen molar-refractivity contribution in [3.63, 3.8) is 0 Å². The molecule has 0 fully saturated rings. The Hall–Kier alpha value is -1.36. The predicted molar refractivity (Wildman–Crippen MR) is 72.5 cm³/mol. The maximum atomic E-state index is 12.1. The third-order valence-electron chi connectivity index (χ3n) is 2.63. The van der Waals surface area contributed by atoms with E-state index in [-0.39, 0.29) is 18.3 Å². The van der Waals surface area contributed by atoms with Crippen LogP contribution in [0.5, 0.6) is 0 Å². The highest BCUT2D eigenvalue weighted by Gasteiger charge is 2.13. The van der Waals surface area contributed by atoms with Crippen LogP contribution in [-0.4, -0.2) is 37.5 Å². The number of hydrogen-bond acceptors (Lipinski definition) is 3. The molecule has 1 amide bonds. The van der Waals surface area contributed by atoms with Gasteiger partial charge in [-0.3, -0.25) is 9.59 Å². The number of carbonyl (C=O) groups excluding carboxylic acids is 2. The largest absolute Gasteiger partial charge is 0.469 e. The number of benzene rings is 1. The average Bonchev–Trinajstić information content (AvgIpc) is 2.37. The van der Waals surface area contributed by atoms with Crippen LogP contribution in [-0.2, 0) is 9.53 Å². The summed E-state index contributed by atoms with van der Waals surface area (Å²) >= 11 is 3.39. The maximum absolute atomic E-state index is 12.1. The lowest BCUT2D eigenvalue weighted by molar-refractivity contribution is -0.140. The summed E-state index contributed by atoms with van der Waals surface area (Å²) in [5.74, 6) is -0.420. The fourth-order valence-electron chi connectivity index (χ4n) is 1.46. The molecule has 0 radical (unpaired) electrons. The van der Waals surface area contributed by atoms with E-state index in [9.17, 15) is 9.59 Å².